The van der Waals surface area contributed by atoms with E-state index in [1.54, 1.807) is 0 Å². The number of carbonyl (C=O) groups excluding carboxylic acids is 1. The molecule has 0 aliphatic carbocycles. The molecule has 26 heavy (non-hydrogen) atoms. The molecule has 2 N–H and O–H groups in total. The summed E-state index contributed by atoms with van der Waals surface area (Å²) in [6, 6.07) is 11.9. The van der Waals surface area contributed by atoms with Crippen molar-refractivity contribution in [3.8, 4) is 0 Å². The van der Waals surface area contributed by atoms with E-state index >= 15 is 0 Å². The van der Waals surface area contributed by atoms with Gasteiger partial charge in [-0.05, 0) is 55.5 Å². The minimum atomic E-state index is -0.144. The predicted octanol–water partition coefficient (Wildman–Crippen LogP) is 3.85. The summed E-state index contributed by atoms with van der Waals surface area (Å²) in [5, 5.41) is 3.14. The van der Waals surface area contributed by atoms with Gasteiger partial charge >= 0.3 is 0 Å². The maximum absolute atomic E-state index is 12.8. The van der Waals surface area contributed by atoms with E-state index in [0.29, 0.717) is 6.42 Å². The van der Waals surface area contributed by atoms with Crippen LogP contribution in [0.5, 0.6) is 0 Å². The molecule has 6 heteroatoms. The Bertz CT molecular complexity index is 847. The van der Waals surface area contributed by atoms with Crippen LogP contribution in [0.1, 0.15) is 38.1 Å². The number of nitrogens with zero attached hydrogens (tertiary/aromatic N) is 2. The average Bonchev–Trinajstić information content (AvgIpc) is 3.32. The molecule has 5 nitrogen and oxygen atoms in total. The van der Waals surface area contributed by atoms with E-state index in [9.17, 15) is 4.79 Å². The Morgan fingerprint density at radius 3 is 2.73 bits per heavy atom. The molecule has 2 aromatic heterocycles. The van der Waals surface area contributed by atoms with E-state index in [2.05, 4.69) is 32.2 Å². The molecule has 0 spiro atoms. The minimum Gasteiger partial charge on any atom is -0.348 e. The predicted molar refractivity (Wildman–Crippen MR) is 106 cm³/mol. The Kier molecular flexibility index (Phi) is 4.76. The zero-order valence-electron chi connectivity index (χ0n) is 14.9. The number of rotatable bonds is 5. The van der Waals surface area contributed by atoms with Gasteiger partial charge in [-0.2, -0.15) is 11.8 Å². The topological polar surface area (TPSA) is 62.7 Å². The number of para-hydroxylation sites is 2. The monoisotopic (exact) mass is 368 g/mol. The van der Waals surface area contributed by atoms with Gasteiger partial charge in [0.15, 0.2) is 0 Å². The molecule has 0 radical (unpaired) electrons. The fourth-order valence-corrected chi connectivity index (χ4v) is 5.02. The average molecular weight is 369 g/mol. The number of hydrogen-bond acceptors (Lipinski definition) is 3. The first-order valence-electron chi connectivity index (χ1n) is 9.11. The third kappa shape index (κ3) is 3.38. The molecule has 1 fully saturated rings. The molecule has 0 bridgehead atoms. The summed E-state index contributed by atoms with van der Waals surface area (Å²) in [4.78, 5) is 20.7. The van der Waals surface area contributed by atoms with Crippen molar-refractivity contribution in [2.24, 2.45) is 0 Å². The highest BCUT2D eigenvalue weighted by molar-refractivity contribution is 7.99. The summed E-state index contributed by atoms with van der Waals surface area (Å²) < 4.78 is 2.23. The molecule has 136 valence electrons. The van der Waals surface area contributed by atoms with Crippen molar-refractivity contribution in [3.63, 3.8) is 0 Å². The van der Waals surface area contributed by atoms with Crippen molar-refractivity contribution in [2.75, 3.05) is 11.5 Å². The smallest absolute Gasteiger partial charge is 0.222 e. The van der Waals surface area contributed by atoms with Crippen LogP contribution in [0, 0.1) is 0 Å². The van der Waals surface area contributed by atoms with Gasteiger partial charge in [-0.15, -0.1) is 0 Å². The van der Waals surface area contributed by atoms with Gasteiger partial charge in [-0.1, -0.05) is 12.1 Å². The van der Waals surface area contributed by atoms with Crippen LogP contribution < -0.4 is 5.32 Å². The minimum absolute atomic E-state index is 0.0820. The highest BCUT2D eigenvalue weighted by Gasteiger charge is 2.36. The van der Waals surface area contributed by atoms with Crippen LogP contribution in [0.4, 0.5) is 0 Å². The molecule has 1 saturated heterocycles. The molecule has 4 rings (SSSR count). The van der Waals surface area contributed by atoms with E-state index in [0.717, 1.165) is 41.2 Å². The number of aromatic amines is 1. The molecule has 3 aromatic rings. The van der Waals surface area contributed by atoms with Crippen LogP contribution in [-0.4, -0.2) is 31.9 Å². The van der Waals surface area contributed by atoms with E-state index in [4.69, 9.17) is 0 Å². The SMILES string of the molecule is C[C@@H](NC(=O)CC1(n2cccc2)CCSCC1)c1nc2ccccc2[nH]1. The number of H-pyrrole nitrogens is 1. The first kappa shape index (κ1) is 17.2. The first-order valence-corrected chi connectivity index (χ1v) is 10.3. The lowest BCUT2D eigenvalue weighted by Crippen LogP contribution is -2.42. The number of thioether (sulfide) groups is 1. The summed E-state index contributed by atoms with van der Waals surface area (Å²) in [5.74, 6) is 3.09. The number of nitrogens with one attached hydrogen (secondary N) is 2. The standard InChI is InChI=1S/C20H24N4OS/c1-15(19-22-16-6-2-3-7-17(16)23-19)21-18(25)14-20(8-12-26-13-9-20)24-10-4-5-11-24/h2-7,10-11,15H,8-9,12-14H2,1H3,(H,21,25)(H,22,23)/t15-/m1/s1. The highest BCUT2D eigenvalue weighted by atomic mass is 32.2. The van der Waals surface area contributed by atoms with Crippen molar-refractivity contribution in [2.45, 2.75) is 37.8 Å². The number of amides is 1. The second-order valence-electron chi connectivity index (χ2n) is 7.03. The molecule has 1 aliphatic rings. The quantitative estimate of drug-likeness (QED) is 0.719. The number of aromatic nitrogens is 3. The number of carbonyl (C=O) groups is 1. The maximum Gasteiger partial charge on any atom is 0.222 e. The highest BCUT2D eigenvalue weighted by Crippen LogP contribution is 2.37. The van der Waals surface area contributed by atoms with Gasteiger partial charge in [0.2, 0.25) is 5.91 Å². The molecule has 3 heterocycles. The third-order valence-electron chi connectivity index (χ3n) is 5.26. The maximum atomic E-state index is 12.8. The summed E-state index contributed by atoms with van der Waals surface area (Å²) in [6.07, 6.45) is 6.74. The van der Waals surface area contributed by atoms with Gasteiger partial charge < -0.3 is 14.9 Å². The zero-order chi connectivity index (χ0) is 18.0. The molecule has 0 saturated carbocycles. The van der Waals surface area contributed by atoms with Gasteiger partial charge in [0.25, 0.3) is 0 Å². The lowest BCUT2D eigenvalue weighted by atomic mass is 9.87. The normalized spacial score (nSPS) is 17.9. The number of imidazole rings is 1. The fourth-order valence-electron chi connectivity index (χ4n) is 3.77. The van der Waals surface area contributed by atoms with Gasteiger partial charge in [-0.25, -0.2) is 4.98 Å². The van der Waals surface area contributed by atoms with Crippen LogP contribution in [0.15, 0.2) is 48.8 Å². The Labute approximate surface area is 157 Å². The van der Waals surface area contributed by atoms with Crippen molar-refractivity contribution in [1.82, 2.24) is 19.9 Å². The van der Waals surface area contributed by atoms with Crippen molar-refractivity contribution in [1.29, 1.82) is 0 Å². The molecular formula is C20H24N4OS. The van der Waals surface area contributed by atoms with E-state index in [1.165, 1.54) is 0 Å². The van der Waals surface area contributed by atoms with E-state index < -0.39 is 0 Å². The van der Waals surface area contributed by atoms with Crippen LogP contribution in [0.2, 0.25) is 0 Å². The fraction of sp³-hybridized carbons (Fsp3) is 0.400. The summed E-state index contributed by atoms with van der Waals surface area (Å²) in [6.45, 7) is 1.98. The van der Waals surface area contributed by atoms with Gasteiger partial charge in [0.1, 0.15) is 5.82 Å². The Hall–Kier alpha value is -2.21. The summed E-state index contributed by atoms with van der Waals surface area (Å²) in [5.41, 5.74) is 1.82. The largest absolute Gasteiger partial charge is 0.348 e. The number of hydrogen-bond donors (Lipinski definition) is 2. The molecular weight excluding hydrogens is 344 g/mol. The third-order valence-corrected chi connectivity index (χ3v) is 6.25. The Morgan fingerprint density at radius 2 is 2.00 bits per heavy atom. The van der Waals surface area contributed by atoms with Crippen LogP contribution in [0.25, 0.3) is 11.0 Å². The molecule has 1 amide bonds. The van der Waals surface area contributed by atoms with Crippen LogP contribution >= 0.6 is 11.8 Å². The van der Waals surface area contributed by atoms with Crippen molar-refractivity contribution in [3.05, 3.63) is 54.6 Å². The number of benzene rings is 1. The molecule has 1 atom stereocenters. The van der Waals surface area contributed by atoms with E-state index in [1.807, 2.05) is 55.1 Å². The van der Waals surface area contributed by atoms with Gasteiger partial charge in [-0.3, -0.25) is 4.79 Å². The van der Waals surface area contributed by atoms with Crippen LogP contribution in [0.3, 0.4) is 0 Å². The first-order chi connectivity index (χ1) is 12.7. The van der Waals surface area contributed by atoms with Gasteiger partial charge in [0.05, 0.1) is 29.0 Å². The van der Waals surface area contributed by atoms with Crippen molar-refractivity contribution >= 4 is 28.7 Å². The molecule has 1 aliphatic heterocycles. The lowest BCUT2D eigenvalue weighted by molar-refractivity contribution is -0.124. The second-order valence-corrected chi connectivity index (χ2v) is 8.26. The Balaban J connectivity index is 1.48. The van der Waals surface area contributed by atoms with Crippen LogP contribution in [-0.2, 0) is 10.3 Å². The second kappa shape index (κ2) is 7.19. The number of fused-ring (bicyclic) bond motifs is 1. The molecule has 0 unspecified atom stereocenters. The molecule has 1 aromatic carbocycles. The summed E-state index contributed by atoms with van der Waals surface area (Å²) in [7, 11) is 0. The lowest BCUT2D eigenvalue weighted by Gasteiger charge is -2.38. The van der Waals surface area contributed by atoms with E-state index in [-0.39, 0.29) is 17.5 Å². The summed E-state index contributed by atoms with van der Waals surface area (Å²) >= 11 is 1.97. The van der Waals surface area contributed by atoms with Gasteiger partial charge in [0, 0.05) is 12.4 Å². The Morgan fingerprint density at radius 1 is 1.27 bits per heavy atom. The van der Waals surface area contributed by atoms with Crippen molar-refractivity contribution < 1.29 is 4.79 Å². The zero-order valence-corrected chi connectivity index (χ0v) is 15.8.